The van der Waals surface area contributed by atoms with E-state index in [2.05, 4.69) is 25.7 Å². The van der Waals surface area contributed by atoms with Crippen LogP contribution in [0.5, 0.6) is 11.5 Å². The Bertz CT molecular complexity index is 1120. The first-order chi connectivity index (χ1) is 17.6. The molecule has 4 heterocycles. The average molecular weight is 515 g/mol. The number of ether oxygens (including phenoxy) is 2. The lowest BCUT2D eigenvalue weighted by molar-refractivity contribution is -0.126. The first-order valence-electron chi connectivity index (χ1n) is 12.4. The Labute approximate surface area is 213 Å². The number of anilines is 1. The van der Waals surface area contributed by atoms with Crippen LogP contribution in [-0.4, -0.2) is 83.8 Å². The second-order valence-electron chi connectivity index (χ2n) is 9.22. The summed E-state index contributed by atoms with van der Waals surface area (Å²) in [5.41, 5.74) is 0.526. The minimum atomic E-state index is -0.463. The first-order valence-corrected chi connectivity index (χ1v) is 13.2. The molecule has 2 fully saturated rings. The van der Waals surface area contributed by atoms with Gasteiger partial charge >= 0.3 is 0 Å². The van der Waals surface area contributed by atoms with Gasteiger partial charge in [-0.05, 0) is 63.9 Å². The van der Waals surface area contributed by atoms with Crippen molar-refractivity contribution >= 4 is 34.7 Å². The number of aromatic nitrogens is 2. The van der Waals surface area contributed by atoms with Crippen molar-refractivity contribution < 1.29 is 23.9 Å². The van der Waals surface area contributed by atoms with E-state index in [1.54, 1.807) is 23.1 Å². The fraction of sp³-hybridized carbons (Fsp3) is 0.542. The number of carbonyl (C=O) groups excluding carboxylic acids is 3. The summed E-state index contributed by atoms with van der Waals surface area (Å²) in [6, 6.07) is 5.08. The van der Waals surface area contributed by atoms with Gasteiger partial charge in [0.15, 0.2) is 11.5 Å². The van der Waals surface area contributed by atoms with Crippen LogP contribution in [0.3, 0.4) is 0 Å². The van der Waals surface area contributed by atoms with Crippen molar-refractivity contribution in [2.75, 3.05) is 51.4 Å². The van der Waals surface area contributed by atoms with E-state index < -0.39 is 5.91 Å². The van der Waals surface area contributed by atoms with Crippen molar-refractivity contribution in [1.82, 2.24) is 25.3 Å². The number of benzene rings is 1. The molecule has 192 valence electrons. The van der Waals surface area contributed by atoms with Crippen molar-refractivity contribution in [2.24, 2.45) is 5.92 Å². The molecule has 5 rings (SSSR count). The molecule has 12 heteroatoms. The zero-order valence-electron chi connectivity index (χ0n) is 20.0. The van der Waals surface area contributed by atoms with Gasteiger partial charge in [-0.1, -0.05) is 11.3 Å². The molecule has 2 saturated heterocycles. The minimum Gasteiger partial charge on any atom is -0.454 e. The molecule has 3 aliphatic heterocycles. The summed E-state index contributed by atoms with van der Waals surface area (Å²) in [5.74, 6) is 0.158. The Balaban J connectivity index is 1.11. The normalized spacial score (nSPS) is 19.3. The lowest BCUT2D eigenvalue weighted by Crippen LogP contribution is -2.45. The molecular weight excluding hydrogens is 484 g/mol. The maximum Gasteiger partial charge on any atom is 0.286 e. The Morgan fingerprint density at radius 2 is 1.83 bits per heavy atom. The van der Waals surface area contributed by atoms with Crippen LogP contribution in [-0.2, 0) is 4.79 Å². The van der Waals surface area contributed by atoms with Gasteiger partial charge in [-0.15, -0.1) is 10.2 Å². The largest absolute Gasteiger partial charge is 0.454 e. The van der Waals surface area contributed by atoms with Gasteiger partial charge in [0.05, 0.1) is 5.92 Å². The second-order valence-corrected chi connectivity index (χ2v) is 10.2. The zero-order chi connectivity index (χ0) is 24.9. The SMILES string of the molecule is O=C(Nc1ccc2c(c1)OCO2)c1nnc(C(=O)N2CCCC(C(=O)NCCCN3CCCC3)C2)s1. The molecule has 3 aliphatic rings. The molecule has 0 saturated carbocycles. The number of fused-ring (bicyclic) bond motifs is 1. The summed E-state index contributed by atoms with van der Waals surface area (Å²) in [5, 5.41) is 13.8. The zero-order valence-corrected chi connectivity index (χ0v) is 20.8. The van der Waals surface area contributed by atoms with Crippen molar-refractivity contribution in [3.05, 3.63) is 28.2 Å². The van der Waals surface area contributed by atoms with E-state index in [1.807, 2.05) is 0 Å². The van der Waals surface area contributed by atoms with Crippen molar-refractivity contribution in [3.63, 3.8) is 0 Å². The van der Waals surface area contributed by atoms with Crippen LogP contribution in [0.25, 0.3) is 0 Å². The van der Waals surface area contributed by atoms with Crippen LogP contribution in [0.4, 0.5) is 5.69 Å². The molecular formula is C24H30N6O5S. The quantitative estimate of drug-likeness (QED) is 0.512. The van der Waals surface area contributed by atoms with E-state index in [0.29, 0.717) is 36.8 Å². The number of carbonyl (C=O) groups is 3. The predicted molar refractivity (Wildman–Crippen MR) is 132 cm³/mol. The highest BCUT2D eigenvalue weighted by molar-refractivity contribution is 7.15. The molecule has 1 aromatic heterocycles. The van der Waals surface area contributed by atoms with Crippen molar-refractivity contribution in [3.8, 4) is 11.5 Å². The number of hydrogen-bond acceptors (Lipinski definition) is 9. The first kappa shape index (κ1) is 24.4. The predicted octanol–water partition coefficient (Wildman–Crippen LogP) is 1.97. The van der Waals surface area contributed by atoms with Gasteiger partial charge in [0.2, 0.25) is 22.7 Å². The summed E-state index contributed by atoms with van der Waals surface area (Å²) in [6.45, 7) is 5.01. The standard InChI is InChI=1S/C24H30N6O5S/c31-20(25-8-4-11-29-9-1-2-10-29)16-5-3-12-30(14-16)24(33)23-28-27-22(36-23)21(32)26-17-6-7-18-19(13-17)35-15-34-18/h6-7,13,16H,1-5,8-12,14-15H2,(H,25,31)(H,26,32). The van der Waals surface area contributed by atoms with Crippen LogP contribution in [0.1, 0.15) is 51.7 Å². The molecule has 1 unspecified atom stereocenters. The summed E-state index contributed by atoms with van der Waals surface area (Å²) in [4.78, 5) is 42.4. The van der Waals surface area contributed by atoms with Gasteiger partial charge in [-0.3, -0.25) is 14.4 Å². The lowest BCUT2D eigenvalue weighted by Gasteiger charge is -2.31. The number of rotatable bonds is 8. The number of piperidine rings is 1. The van der Waals surface area contributed by atoms with Crippen LogP contribution < -0.4 is 20.1 Å². The van der Waals surface area contributed by atoms with Crippen LogP contribution in [0.2, 0.25) is 0 Å². The van der Waals surface area contributed by atoms with Crippen LogP contribution in [0.15, 0.2) is 18.2 Å². The summed E-state index contributed by atoms with van der Waals surface area (Å²) >= 11 is 0.939. The maximum absolute atomic E-state index is 13.0. The lowest BCUT2D eigenvalue weighted by atomic mass is 9.97. The Kier molecular flexibility index (Phi) is 7.61. The van der Waals surface area contributed by atoms with Gasteiger partial charge < -0.3 is 29.9 Å². The van der Waals surface area contributed by atoms with E-state index >= 15 is 0 Å². The van der Waals surface area contributed by atoms with E-state index in [9.17, 15) is 14.4 Å². The maximum atomic E-state index is 13.0. The number of nitrogens with one attached hydrogen (secondary N) is 2. The fourth-order valence-corrected chi connectivity index (χ4v) is 5.44. The molecule has 1 aromatic carbocycles. The van der Waals surface area contributed by atoms with Gasteiger partial charge in [0, 0.05) is 31.4 Å². The van der Waals surface area contributed by atoms with Gasteiger partial charge in [0.25, 0.3) is 11.8 Å². The third-order valence-electron chi connectivity index (χ3n) is 6.66. The van der Waals surface area contributed by atoms with E-state index in [-0.39, 0.29) is 34.5 Å². The molecule has 1 atom stereocenters. The molecule has 3 amide bonds. The van der Waals surface area contributed by atoms with Gasteiger partial charge in [-0.2, -0.15) is 0 Å². The number of hydrogen-bond donors (Lipinski definition) is 2. The Morgan fingerprint density at radius 3 is 2.69 bits per heavy atom. The van der Waals surface area contributed by atoms with E-state index in [4.69, 9.17) is 9.47 Å². The number of amides is 3. The summed E-state index contributed by atoms with van der Waals surface area (Å²) in [6.07, 6.45) is 4.95. The van der Waals surface area contributed by atoms with Crippen LogP contribution in [0, 0.1) is 5.92 Å². The Morgan fingerprint density at radius 1 is 1.03 bits per heavy atom. The molecule has 0 bridgehead atoms. The van der Waals surface area contributed by atoms with Gasteiger partial charge in [-0.25, -0.2) is 0 Å². The number of nitrogens with zero attached hydrogens (tertiary/aromatic N) is 4. The molecule has 0 aliphatic carbocycles. The van der Waals surface area contributed by atoms with E-state index in [1.165, 1.54) is 12.8 Å². The van der Waals surface area contributed by atoms with Crippen molar-refractivity contribution in [2.45, 2.75) is 32.1 Å². The summed E-state index contributed by atoms with van der Waals surface area (Å²) < 4.78 is 10.6. The Hall–Kier alpha value is -3.25. The number of likely N-dealkylation sites (tertiary alicyclic amines) is 2. The minimum absolute atomic E-state index is 0.00465. The average Bonchev–Trinajstić information content (AvgIpc) is 3.68. The topological polar surface area (TPSA) is 126 Å². The second kappa shape index (κ2) is 11.2. The highest BCUT2D eigenvalue weighted by atomic mass is 32.1. The molecule has 11 nitrogen and oxygen atoms in total. The molecule has 2 aromatic rings. The molecule has 0 spiro atoms. The third kappa shape index (κ3) is 5.76. The highest BCUT2D eigenvalue weighted by Gasteiger charge is 2.31. The van der Waals surface area contributed by atoms with Crippen molar-refractivity contribution in [1.29, 1.82) is 0 Å². The smallest absolute Gasteiger partial charge is 0.286 e. The monoisotopic (exact) mass is 514 g/mol. The molecule has 0 radical (unpaired) electrons. The highest BCUT2D eigenvalue weighted by Crippen LogP contribution is 2.34. The molecule has 2 N–H and O–H groups in total. The van der Waals surface area contributed by atoms with E-state index in [0.717, 1.165) is 50.2 Å². The fourth-order valence-electron chi connectivity index (χ4n) is 4.74. The van der Waals surface area contributed by atoms with Gasteiger partial charge in [0.1, 0.15) is 0 Å². The molecule has 36 heavy (non-hydrogen) atoms. The third-order valence-corrected chi connectivity index (χ3v) is 7.57. The van der Waals surface area contributed by atoms with Crippen LogP contribution >= 0.6 is 11.3 Å². The summed E-state index contributed by atoms with van der Waals surface area (Å²) in [7, 11) is 0.